The largest absolute Gasteiger partial charge is 0.463 e. The molecule has 1 fully saturated rings. The van der Waals surface area contributed by atoms with Crippen LogP contribution in [0.15, 0.2) is 0 Å². The van der Waals surface area contributed by atoms with E-state index < -0.39 is 36.8 Å². The lowest BCUT2D eigenvalue weighted by atomic mass is 9.99. The maximum Gasteiger partial charge on any atom is 0.308 e. The molecule has 0 saturated carbocycles. The maximum atomic E-state index is 12.0. The molecule has 0 amide bonds. The molecule has 1 saturated heterocycles. The van der Waals surface area contributed by atoms with Gasteiger partial charge in [-0.1, -0.05) is 39.0 Å². The van der Waals surface area contributed by atoms with Crippen LogP contribution in [0, 0.1) is 0 Å². The number of hydrogen-bond acceptors (Lipinski definition) is 7. The zero-order valence-corrected chi connectivity index (χ0v) is 16.5. The molecule has 0 aromatic rings. The number of unbranched alkanes of at least 4 members (excludes halogenated alkanes) is 4. The SMILES string of the molecule is CCCCCCCC(CC(=O)OC(C)C)O[C@@H]1O[C@@H](C)[C@H](O)[C@@H](O)[C@H]1O. The van der Waals surface area contributed by atoms with Crippen LogP contribution in [0.1, 0.15) is 72.6 Å². The summed E-state index contributed by atoms with van der Waals surface area (Å²) in [5, 5.41) is 29.8. The minimum atomic E-state index is -1.37. The van der Waals surface area contributed by atoms with E-state index >= 15 is 0 Å². The number of rotatable bonds is 11. The summed E-state index contributed by atoms with van der Waals surface area (Å²) in [6, 6.07) is 0. The molecule has 0 aromatic heterocycles. The van der Waals surface area contributed by atoms with E-state index in [4.69, 9.17) is 14.2 Å². The normalized spacial score (nSPS) is 30.4. The first-order chi connectivity index (χ1) is 12.3. The second kappa shape index (κ2) is 11.9. The summed E-state index contributed by atoms with van der Waals surface area (Å²) in [4.78, 5) is 12.0. The van der Waals surface area contributed by atoms with Gasteiger partial charge in [0.15, 0.2) is 6.29 Å². The van der Waals surface area contributed by atoms with Crippen LogP contribution in [-0.4, -0.2) is 64.2 Å². The van der Waals surface area contributed by atoms with Crippen molar-refractivity contribution in [1.29, 1.82) is 0 Å². The van der Waals surface area contributed by atoms with Crippen molar-refractivity contribution in [1.82, 2.24) is 0 Å². The van der Waals surface area contributed by atoms with Crippen LogP contribution in [-0.2, 0) is 19.0 Å². The molecule has 0 aliphatic carbocycles. The molecular weight excluding hydrogens is 340 g/mol. The maximum absolute atomic E-state index is 12.0. The molecule has 7 nitrogen and oxygen atoms in total. The highest BCUT2D eigenvalue weighted by Crippen LogP contribution is 2.25. The lowest BCUT2D eigenvalue weighted by molar-refractivity contribution is -0.304. The fourth-order valence-electron chi connectivity index (χ4n) is 3.01. The average Bonchev–Trinajstić information content (AvgIpc) is 2.56. The van der Waals surface area contributed by atoms with Gasteiger partial charge in [-0.2, -0.15) is 0 Å². The Morgan fingerprint density at radius 1 is 1.04 bits per heavy atom. The summed E-state index contributed by atoms with van der Waals surface area (Å²) in [5.74, 6) is -0.363. The van der Waals surface area contributed by atoms with Crippen molar-refractivity contribution in [2.45, 2.75) is 116 Å². The lowest BCUT2D eigenvalue weighted by Crippen LogP contribution is -2.58. The van der Waals surface area contributed by atoms with Gasteiger partial charge in [0, 0.05) is 0 Å². The van der Waals surface area contributed by atoms with Crippen molar-refractivity contribution in [2.24, 2.45) is 0 Å². The Bertz CT molecular complexity index is 401. The van der Waals surface area contributed by atoms with E-state index in [0.717, 1.165) is 25.7 Å². The standard InChI is InChI=1S/C19H36O7/c1-5-6-7-8-9-10-14(11-15(20)24-12(2)3)26-19-18(23)17(22)16(21)13(4)25-19/h12-14,16-19,21-23H,5-11H2,1-4H3/t13-,14?,16-,17+,18+,19-/m0/s1. The number of hydrogen-bond donors (Lipinski definition) is 3. The van der Waals surface area contributed by atoms with Gasteiger partial charge in [-0.25, -0.2) is 0 Å². The highest BCUT2D eigenvalue weighted by molar-refractivity contribution is 5.70. The highest BCUT2D eigenvalue weighted by atomic mass is 16.7. The van der Waals surface area contributed by atoms with Gasteiger partial charge < -0.3 is 29.5 Å². The Hall–Kier alpha value is -0.730. The molecule has 26 heavy (non-hydrogen) atoms. The third-order valence-electron chi connectivity index (χ3n) is 4.53. The van der Waals surface area contributed by atoms with Crippen molar-refractivity contribution in [3.8, 4) is 0 Å². The van der Waals surface area contributed by atoms with Gasteiger partial charge >= 0.3 is 5.97 Å². The summed E-state index contributed by atoms with van der Waals surface area (Å²) in [6.07, 6.45) is -0.257. The Morgan fingerprint density at radius 3 is 2.31 bits per heavy atom. The van der Waals surface area contributed by atoms with E-state index in [2.05, 4.69) is 6.92 Å². The first-order valence-corrected chi connectivity index (χ1v) is 9.80. The van der Waals surface area contributed by atoms with Gasteiger partial charge in [-0.3, -0.25) is 4.79 Å². The minimum absolute atomic E-state index is 0.0611. The molecule has 1 heterocycles. The van der Waals surface area contributed by atoms with Crippen molar-refractivity contribution in [2.75, 3.05) is 0 Å². The predicted molar refractivity (Wildman–Crippen MR) is 96.4 cm³/mol. The lowest BCUT2D eigenvalue weighted by Gasteiger charge is -2.40. The van der Waals surface area contributed by atoms with E-state index in [0.29, 0.717) is 6.42 Å². The quantitative estimate of drug-likeness (QED) is 0.373. The number of carbonyl (C=O) groups excluding carboxylic acids is 1. The molecule has 6 atom stereocenters. The van der Waals surface area contributed by atoms with Gasteiger partial charge in [-0.05, 0) is 27.2 Å². The predicted octanol–water partition coefficient (Wildman–Crippen LogP) is 1.90. The molecule has 0 aromatic carbocycles. The molecule has 0 spiro atoms. The fraction of sp³-hybridized carbons (Fsp3) is 0.947. The summed E-state index contributed by atoms with van der Waals surface area (Å²) >= 11 is 0. The summed E-state index contributed by atoms with van der Waals surface area (Å²) < 4.78 is 16.5. The van der Waals surface area contributed by atoms with E-state index in [-0.39, 0.29) is 18.5 Å². The van der Waals surface area contributed by atoms with E-state index in [1.807, 2.05) is 0 Å². The molecule has 3 N–H and O–H groups in total. The second-order valence-electron chi connectivity index (χ2n) is 7.39. The van der Waals surface area contributed by atoms with E-state index in [1.54, 1.807) is 20.8 Å². The van der Waals surface area contributed by atoms with Crippen LogP contribution >= 0.6 is 0 Å². The zero-order chi connectivity index (χ0) is 19.7. The van der Waals surface area contributed by atoms with Gasteiger partial charge in [0.25, 0.3) is 0 Å². The van der Waals surface area contributed by atoms with Gasteiger partial charge in [0.2, 0.25) is 0 Å². The molecule has 1 rings (SSSR count). The van der Waals surface area contributed by atoms with E-state index in [9.17, 15) is 20.1 Å². The summed E-state index contributed by atoms with van der Waals surface area (Å²) in [7, 11) is 0. The van der Waals surface area contributed by atoms with Crippen LogP contribution in [0.4, 0.5) is 0 Å². The van der Waals surface area contributed by atoms with Crippen LogP contribution in [0.3, 0.4) is 0 Å². The van der Waals surface area contributed by atoms with E-state index in [1.165, 1.54) is 6.42 Å². The first-order valence-electron chi connectivity index (χ1n) is 9.80. The minimum Gasteiger partial charge on any atom is -0.463 e. The second-order valence-corrected chi connectivity index (χ2v) is 7.39. The Labute approximate surface area is 156 Å². The third kappa shape index (κ3) is 7.88. The van der Waals surface area contributed by atoms with Gasteiger partial charge in [0.1, 0.15) is 18.3 Å². The molecule has 154 valence electrons. The zero-order valence-electron chi connectivity index (χ0n) is 16.5. The number of aliphatic hydroxyl groups excluding tert-OH is 3. The van der Waals surface area contributed by atoms with Gasteiger partial charge in [-0.15, -0.1) is 0 Å². The molecule has 0 radical (unpaired) electrons. The van der Waals surface area contributed by atoms with Crippen LogP contribution in [0.2, 0.25) is 0 Å². The molecular formula is C19H36O7. The summed E-state index contributed by atoms with van der Waals surface area (Å²) in [5.41, 5.74) is 0. The molecule has 1 unspecified atom stereocenters. The molecule has 7 heteroatoms. The van der Waals surface area contributed by atoms with Crippen LogP contribution < -0.4 is 0 Å². The van der Waals surface area contributed by atoms with Crippen molar-refractivity contribution >= 4 is 5.97 Å². The Balaban J connectivity index is 2.62. The summed E-state index contributed by atoms with van der Waals surface area (Å²) in [6.45, 7) is 7.32. The molecule has 0 bridgehead atoms. The molecule has 1 aliphatic heterocycles. The van der Waals surface area contributed by atoms with Gasteiger partial charge in [0.05, 0.1) is 24.7 Å². The number of aliphatic hydroxyl groups is 3. The number of carbonyl (C=O) groups is 1. The van der Waals surface area contributed by atoms with Crippen molar-refractivity contribution in [3.05, 3.63) is 0 Å². The van der Waals surface area contributed by atoms with Crippen LogP contribution in [0.5, 0.6) is 0 Å². The van der Waals surface area contributed by atoms with Crippen LogP contribution in [0.25, 0.3) is 0 Å². The smallest absolute Gasteiger partial charge is 0.308 e. The Morgan fingerprint density at radius 2 is 1.69 bits per heavy atom. The highest BCUT2D eigenvalue weighted by Gasteiger charge is 2.43. The Kier molecular flexibility index (Phi) is 10.6. The monoisotopic (exact) mass is 376 g/mol. The first kappa shape index (κ1) is 23.3. The molecule has 1 aliphatic rings. The average molecular weight is 376 g/mol. The third-order valence-corrected chi connectivity index (χ3v) is 4.53. The topological polar surface area (TPSA) is 105 Å². The number of ether oxygens (including phenoxy) is 3. The number of esters is 1. The van der Waals surface area contributed by atoms with Crippen molar-refractivity contribution in [3.63, 3.8) is 0 Å². The fourth-order valence-corrected chi connectivity index (χ4v) is 3.01. The van der Waals surface area contributed by atoms with Crippen molar-refractivity contribution < 1.29 is 34.3 Å².